The molecule has 6 heteroatoms. The van der Waals surface area contributed by atoms with Crippen molar-refractivity contribution < 1.29 is 19.5 Å². The van der Waals surface area contributed by atoms with Crippen LogP contribution in [0.1, 0.15) is 44.9 Å². The zero-order valence-electron chi connectivity index (χ0n) is 11.6. The Morgan fingerprint density at radius 2 is 2.05 bits per heavy atom. The first-order chi connectivity index (χ1) is 9.56. The highest BCUT2D eigenvalue weighted by Gasteiger charge is 2.31. The topological polar surface area (TPSA) is 86.7 Å². The van der Waals surface area contributed by atoms with E-state index in [1.165, 1.54) is 0 Å². The molecule has 2 fully saturated rings. The van der Waals surface area contributed by atoms with Crippen LogP contribution in [-0.4, -0.2) is 46.9 Å². The van der Waals surface area contributed by atoms with Crippen LogP contribution in [0.25, 0.3) is 0 Å². The van der Waals surface area contributed by atoms with E-state index in [0.717, 1.165) is 19.3 Å². The molecule has 20 heavy (non-hydrogen) atoms. The van der Waals surface area contributed by atoms with Crippen molar-refractivity contribution in [2.24, 2.45) is 5.92 Å². The fourth-order valence-electron chi connectivity index (χ4n) is 2.99. The lowest BCUT2D eigenvalue weighted by Gasteiger charge is -2.21. The van der Waals surface area contributed by atoms with Gasteiger partial charge in [0.1, 0.15) is 0 Å². The maximum Gasteiger partial charge on any atom is 0.306 e. The Morgan fingerprint density at radius 3 is 2.75 bits per heavy atom. The van der Waals surface area contributed by atoms with Crippen molar-refractivity contribution in [2.45, 2.75) is 51.0 Å². The number of carboxylic acids is 1. The van der Waals surface area contributed by atoms with Crippen LogP contribution in [0.2, 0.25) is 0 Å². The highest BCUT2D eigenvalue weighted by Crippen LogP contribution is 2.25. The summed E-state index contributed by atoms with van der Waals surface area (Å²) in [5.41, 5.74) is 0. The molecule has 0 spiro atoms. The fraction of sp³-hybridized carbons (Fsp3) is 0.786. The number of carbonyl (C=O) groups excluding carboxylic acids is 2. The van der Waals surface area contributed by atoms with E-state index in [9.17, 15) is 14.4 Å². The summed E-state index contributed by atoms with van der Waals surface area (Å²) in [5, 5.41) is 11.8. The number of carboxylic acid groups (broad SMARTS) is 1. The van der Waals surface area contributed by atoms with E-state index in [4.69, 9.17) is 5.11 Å². The van der Waals surface area contributed by atoms with E-state index in [1.54, 1.807) is 4.90 Å². The second-order valence-electron chi connectivity index (χ2n) is 5.74. The lowest BCUT2D eigenvalue weighted by Crippen LogP contribution is -2.43. The summed E-state index contributed by atoms with van der Waals surface area (Å²) in [7, 11) is 0. The van der Waals surface area contributed by atoms with E-state index in [2.05, 4.69) is 5.32 Å². The van der Waals surface area contributed by atoms with Crippen LogP contribution in [0.5, 0.6) is 0 Å². The number of likely N-dealkylation sites (tertiary alicyclic amines) is 1. The van der Waals surface area contributed by atoms with Gasteiger partial charge >= 0.3 is 5.97 Å². The number of rotatable bonds is 4. The number of hydrogen-bond acceptors (Lipinski definition) is 3. The first kappa shape index (κ1) is 14.8. The molecule has 112 valence electrons. The second-order valence-corrected chi connectivity index (χ2v) is 5.74. The van der Waals surface area contributed by atoms with Crippen LogP contribution in [-0.2, 0) is 14.4 Å². The quantitative estimate of drug-likeness (QED) is 0.797. The van der Waals surface area contributed by atoms with Crippen molar-refractivity contribution in [3.05, 3.63) is 0 Å². The normalized spacial score (nSPS) is 27.2. The predicted octanol–water partition coefficient (Wildman–Crippen LogP) is 0.758. The van der Waals surface area contributed by atoms with E-state index in [0.29, 0.717) is 32.2 Å². The number of hydrogen-bond donors (Lipinski definition) is 2. The zero-order valence-corrected chi connectivity index (χ0v) is 11.6. The maximum absolute atomic E-state index is 11.9. The van der Waals surface area contributed by atoms with Gasteiger partial charge in [-0.2, -0.15) is 0 Å². The van der Waals surface area contributed by atoms with Gasteiger partial charge < -0.3 is 15.3 Å². The molecule has 0 aromatic heterocycles. The molecule has 1 aliphatic heterocycles. The minimum absolute atomic E-state index is 0.0486. The number of nitrogens with one attached hydrogen (secondary N) is 1. The molecule has 0 bridgehead atoms. The molecular weight excluding hydrogens is 260 g/mol. The lowest BCUT2D eigenvalue weighted by atomic mass is 10.1. The minimum atomic E-state index is -0.788. The van der Waals surface area contributed by atoms with Gasteiger partial charge in [0.25, 0.3) is 0 Å². The van der Waals surface area contributed by atoms with Gasteiger partial charge in [0.05, 0.1) is 12.5 Å². The fourth-order valence-corrected chi connectivity index (χ4v) is 2.99. The second kappa shape index (κ2) is 6.72. The van der Waals surface area contributed by atoms with Crippen molar-refractivity contribution in [1.29, 1.82) is 0 Å². The Morgan fingerprint density at radius 1 is 1.25 bits per heavy atom. The summed E-state index contributed by atoms with van der Waals surface area (Å²) in [5.74, 6) is -1.26. The molecule has 2 N–H and O–H groups in total. The Hall–Kier alpha value is -1.59. The Labute approximate surface area is 118 Å². The van der Waals surface area contributed by atoms with E-state index < -0.39 is 5.97 Å². The number of amides is 2. The van der Waals surface area contributed by atoms with Gasteiger partial charge in [0.15, 0.2) is 0 Å². The van der Waals surface area contributed by atoms with Crippen LogP contribution >= 0.6 is 0 Å². The van der Waals surface area contributed by atoms with Gasteiger partial charge in [-0.15, -0.1) is 0 Å². The Bertz CT molecular complexity index is 397. The van der Waals surface area contributed by atoms with Crippen LogP contribution in [0.3, 0.4) is 0 Å². The molecule has 0 unspecified atom stereocenters. The number of aliphatic carboxylic acids is 1. The van der Waals surface area contributed by atoms with E-state index >= 15 is 0 Å². The average Bonchev–Trinajstić information content (AvgIpc) is 2.76. The minimum Gasteiger partial charge on any atom is -0.481 e. The van der Waals surface area contributed by atoms with Crippen LogP contribution in [0, 0.1) is 5.92 Å². The molecule has 1 aliphatic carbocycles. The SMILES string of the molecule is O=C(CN1CCCCCC1=O)N[C@H]1CC[C@@H](C(=O)O)C1. The summed E-state index contributed by atoms with van der Waals surface area (Å²) in [6.45, 7) is 0.752. The third kappa shape index (κ3) is 3.95. The summed E-state index contributed by atoms with van der Waals surface area (Å²) in [6, 6.07) is -0.0642. The van der Waals surface area contributed by atoms with Crippen molar-refractivity contribution >= 4 is 17.8 Å². The van der Waals surface area contributed by atoms with Crippen molar-refractivity contribution in [2.75, 3.05) is 13.1 Å². The van der Waals surface area contributed by atoms with Crippen LogP contribution in [0.15, 0.2) is 0 Å². The maximum atomic E-state index is 11.9. The molecule has 1 saturated carbocycles. The summed E-state index contributed by atoms with van der Waals surface area (Å²) in [4.78, 5) is 36.2. The summed E-state index contributed by atoms with van der Waals surface area (Å²) < 4.78 is 0. The molecule has 2 amide bonds. The molecule has 2 atom stereocenters. The highest BCUT2D eigenvalue weighted by molar-refractivity contribution is 5.85. The Balaban J connectivity index is 1.77. The van der Waals surface area contributed by atoms with Crippen LogP contribution < -0.4 is 5.32 Å². The molecule has 0 radical (unpaired) electrons. The third-order valence-corrected chi connectivity index (χ3v) is 4.15. The van der Waals surface area contributed by atoms with E-state index in [-0.39, 0.29) is 30.3 Å². The largest absolute Gasteiger partial charge is 0.481 e. The van der Waals surface area contributed by atoms with Crippen molar-refractivity contribution in [3.8, 4) is 0 Å². The van der Waals surface area contributed by atoms with Crippen molar-refractivity contribution in [3.63, 3.8) is 0 Å². The molecule has 1 saturated heterocycles. The number of nitrogens with zero attached hydrogens (tertiary/aromatic N) is 1. The lowest BCUT2D eigenvalue weighted by molar-refractivity contribution is -0.141. The first-order valence-corrected chi connectivity index (χ1v) is 7.36. The molecule has 0 aromatic carbocycles. The highest BCUT2D eigenvalue weighted by atomic mass is 16.4. The molecule has 6 nitrogen and oxygen atoms in total. The third-order valence-electron chi connectivity index (χ3n) is 4.15. The Kier molecular flexibility index (Phi) is 4.98. The molecule has 0 aromatic rings. The zero-order chi connectivity index (χ0) is 14.5. The van der Waals surface area contributed by atoms with Gasteiger partial charge in [-0.25, -0.2) is 0 Å². The van der Waals surface area contributed by atoms with Gasteiger partial charge in [-0.1, -0.05) is 6.42 Å². The van der Waals surface area contributed by atoms with Gasteiger partial charge in [-0.3, -0.25) is 14.4 Å². The molecule has 2 aliphatic rings. The molecule has 1 heterocycles. The standard InChI is InChI=1S/C14H22N2O4/c17-12(9-16-7-3-1-2-4-13(16)18)15-11-6-5-10(8-11)14(19)20/h10-11H,1-9H2,(H,15,17)(H,19,20)/t10-,11+/m1/s1. The van der Waals surface area contributed by atoms with Crippen LogP contribution in [0.4, 0.5) is 0 Å². The van der Waals surface area contributed by atoms with Crippen molar-refractivity contribution in [1.82, 2.24) is 10.2 Å². The first-order valence-electron chi connectivity index (χ1n) is 7.36. The average molecular weight is 282 g/mol. The molecular formula is C14H22N2O4. The monoisotopic (exact) mass is 282 g/mol. The predicted molar refractivity (Wildman–Crippen MR) is 72.0 cm³/mol. The van der Waals surface area contributed by atoms with Gasteiger partial charge in [0.2, 0.25) is 11.8 Å². The smallest absolute Gasteiger partial charge is 0.306 e. The molecule has 2 rings (SSSR count). The summed E-state index contributed by atoms with van der Waals surface area (Å²) >= 11 is 0. The number of carbonyl (C=O) groups is 3. The van der Waals surface area contributed by atoms with Gasteiger partial charge in [0, 0.05) is 19.0 Å². The van der Waals surface area contributed by atoms with Gasteiger partial charge in [-0.05, 0) is 32.1 Å². The summed E-state index contributed by atoms with van der Waals surface area (Å²) in [6.07, 6.45) is 5.22. The van der Waals surface area contributed by atoms with E-state index in [1.807, 2.05) is 0 Å².